The second kappa shape index (κ2) is 9.48. The van der Waals surface area contributed by atoms with Gasteiger partial charge in [0.2, 0.25) is 0 Å². The van der Waals surface area contributed by atoms with Crippen LogP contribution in [0.5, 0.6) is 0 Å². The number of ketones is 1. The molecule has 4 fully saturated rings. The number of nitrogens with zero attached hydrogens (tertiary/aromatic N) is 1. The summed E-state index contributed by atoms with van der Waals surface area (Å²) in [5.74, 6) is -0.221. The first kappa shape index (κ1) is 25.8. The van der Waals surface area contributed by atoms with E-state index in [1.54, 1.807) is 0 Å². The molecule has 200 valence electrons. The summed E-state index contributed by atoms with van der Waals surface area (Å²) in [6.45, 7) is 7.17. The van der Waals surface area contributed by atoms with Gasteiger partial charge in [0.25, 0.3) is 5.92 Å². The standard InChI is InChI=1S/C28H41F2N3O3/c1-17(33-36-25(35)32-14-10-24-28(29,30)13-15-31-24)21-6-7-22-20-5-4-18-16-19(34)8-11-26(18,2)23(20)9-12-27(21,22)3/h16,20-24,31H,4-15H2,1-3H3,(H,32,35)/b33-17+/t20-,21+,22-,23-,24?,26-,27+/m0/s1. The van der Waals surface area contributed by atoms with Crippen LogP contribution in [0, 0.1) is 34.5 Å². The zero-order valence-electron chi connectivity index (χ0n) is 21.9. The lowest BCUT2D eigenvalue weighted by molar-refractivity contribution is -0.117. The van der Waals surface area contributed by atoms with Gasteiger partial charge in [0.05, 0.1) is 11.8 Å². The summed E-state index contributed by atoms with van der Waals surface area (Å²) in [7, 11) is 0. The number of fused-ring (bicyclic) bond motifs is 5. The Kier molecular flexibility index (Phi) is 6.80. The molecule has 5 rings (SSSR count). The lowest BCUT2D eigenvalue weighted by Crippen LogP contribution is -2.51. The molecule has 0 aromatic carbocycles. The van der Waals surface area contributed by atoms with Gasteiger partial charge in [0, 0.05) is 31.8 Å². The maximum Gasteiger partial charge on any atom is 0.433 e. The summed E-state index contributed by atoms with van der Waals surface area (Å²) in [4.78, 5) is 29.4. The number of carbonyl (C=O) groups excluding carboxylic acids is 2. The van der Waals surface area contributed by atoms with Crippen molar-refractivity contribution in [2.75, 3.05) is 13.1 Å². The summed E-state index contributed by atoms with van der Waals surface area (Å²) in [6, 6.07) is -0.906. The lowest BCUT2D eigenvalue weighted by Gasteiger charge is -2.58. The van der Waals surface area contributed by atoms with Crippen molar-refractivity contribution in [3.8, 4) is 0 Å². The summed E-state index contributed by atoms with van der Waals surface area (Å²) in [6.07, 6.45) is 9.64. The summed E-state index contributed by atoms with van der Waals surface area (Å²) in [5, 5.41) is 9.56. The Bertz CT molecular complexity index is 966. The molecule has 3 saturated carbocycles. The number of rotatable bonds is 5. The molecule has 6 nitrogen and oxygen atoms in total. The van der Waals surface area contributed by atoms with Crippen molar-refractivity contribution in [2.24, 2.45) is 39.7 Å². The Morgan fingerprint density at radius 1 is 1.14 bits per heavy atom. The van der Waals surface area contributed by atoms with Crippen LogP contribution in [-0.2, 0) is 9.63 Å². The molecule has 7 atom stereocenters. The number of oxime groups is 1. The highest BCUT2D eigenvalue weighted by atomic mass is 19.3. The SMILES string of the molecule is C/C(=N\OC(=O)NCCC1NCCC1(F)F)[C@H]1CC[C@H]2[C@@H]3CCC4=CC(=O)CC[C@]4(C)[C@H]3CC[C@]12C. The molecule has 0 spiro atoms. The molecule has 2 N–H and O–H groups in total. The largest absolute Gasteiger partial charge is 0.433 e. The molecule has 5 aliphatic rings. The second-order valence-electron chi connectivity index (χ2n) is 12.5. The summed E-state index contributed by atoms with van der Waals surface area (Å²) in [5.41, 5.74) is 2.54. The molecule has 0 radical (unpaired) electrons. The van der Waals surface area contributed by atoms with Crippen LogP contribution in [0.1, 0.15) is 85.0 Å². The number of alkyl halides is 2. The number of carbonyl (C=O) groups is 2. The third-order valence-corrected chi connectivity index (χ3v) is 10.8. The van der Waals surface area contributed by atoms with Crippen molar-refractivity contribution in [2.45, 2.75) is 96.9 Å². The molecular formula is C28H41F2N3O3. The predicted molar refractivity (Wildman–Crippen MR) is 134 cm³/mol. The van der Waals surface area contributed by atoms with Gasteiger partial charge in [0.1, 0.15) is 0 Å². The van der Waals surface area contributed by atoms with E-state index in [1.807, 2.05) is 13.0 Å². The first-order valence-electron chi connectivity index (χ1n) is 13.9. The molecule has 8 heteroatoms. The number of amides is 1. The Balaban J connectivity index is 1.18. The number of hydrogen-bond acceptors (Lipinski definition) is 5. The highest BCUT2D eigenvalue weighted by Gasteiger charge is 2.59. The first-order chi connectivity index (χ1) is 17.0. The van der Waals surface area contributed by atoms with E-state index in [4.69, 9.17) is 4.84 Å². The summed E-state index contributed by atoms with van der Waals surface area (Å²) < 4.78 is 27.4. The Labute approximate surface area is 213 Å². The quantitative estimate of drug-likeness (QED) is 0.289. The van der Waals surface area contributed by atoms with E-state index in [2.05, 4.69) is 29.6 Å². The average Bonchev–Trinajstić information content (AvgIpc) is 3.36. The van der Waals surface area contributed by atoms with Crippen molar-refractivity contribution < 1.29 is 23.2 Å². The molecule has 0 aromatic heterocycles. The molecule has 0 bridgehead atoms. The third kappa shape index (κ3) is 4.41. The molecule has 1 aliphatic heterocycles. The minimum Gasteiger partial charge on any atom is -0.320 e. The van der Waals surface area contributed by atoms with Gasteiger partial charge in [-0.1, -0.05) is 24.6 Å². The van der Waals surface area contributed by atoms with E-state index in [0.717, 1.165) is 44.2 Å². The average molecular weight is 506 g/mol. The maximum absolute atomic E-state index is 13.7. The van der Waals surface area contributed by atoms with Crippen molar-refractivity contribution in [1.29, 1.82) is 0 Å². The summed E-state index contributed by atoms with van der Waals surface area (Å²) >= 11 is 0. The Morgan fingerprint density at radius 2 is 1.94 bits per heavy atom. The molecular weight excluding hydrogens is 464 g/mol. The van der Waals surface area contributed by atoms with Crippen LogP contribution in [0.25, 0.3) is 0 Å². The zero-order valence-corrected chi connectivity index (χ0v) is 21.9. The zero-order chi connectivity index (χ0) is 25.7. The molecule has 36 heavy (non-hydrogen) atoms. The fraction of sp³-hybridized carbons (Fsp3) is 0.821. The van der Waals surface area contributed by atoms with Gasteiger partial charge in [-0.05, 0) is 93.0 Å². The highest BCUT2D eigenvalue weighted by Crippen LogP contribution is 2.66. The molecule has 4 aliphatic carbocycles. The van der Waals surface area contributed by atoms with Crippen LogP contribution < -0.4 is 10.6 Å². The van der Waals surface area contributed by atoms with E-state index in [1.165, 1.54) is 12.0 Å². The van der Waals surface area contributed by atoms with Crippen LogP contribution in [0.4, 0.5) is 13.6 Å². The minimum atomic E-state index is -2.73. The van der Waals surface area contributed by atoms with Gasteiger partial charge >= 0.3 is 6.09 Å². The number of hydrogen-bond donors (Lipinski definition) is 2. The number of halogens is 2. The maximum atomic E-state index is 13.7. The molecule has 1 heterocycles. The predicted octanol–water partition coefficient (Wildman–Crippen LogP) is 5.62. The van der Waals surface area contributed by atoms with Crippen LogP contribution in [0.3, 0.4) is 0 Å². The van der Waals surface area contributed by atoms with Gasteiger partial charge in [-0.2, -0.15) is 0 Å². The van der Waals surface area contributed by atoms with Crippen molar-refractivity contribution in [1.82, 2.24) is 10.6 Å². The van der Waals surface area contributed by atoms with Gasteiger partial charge < -0.3 is 10.6 Å². The Hall–Kier alpha value is -1.83. The fourth-order valence-corrected chi connectivity index (χ4v) is 8.82. The van der Waals surface area contributed by atoms with E-state index >= 15 is 0 Å². The lowest BCUT2D eigenvalue weighted by atomic mass is 9.46. The van der Waals surface area contributed by atoms with E-state index in [9.17, 15) is 18.4 Å². The van der Waals surface area contributed by atoms with Gasteiger partial charge in [0.15, 0.2) is 5.78 Å². The van der Waals surface area contributed by atoms with Crippen molar-refractivity contribution in [3.63, 3.8) is 0 Å². The fourth-order valence-electron chi connectivity index (χ4n) is 8.82. The molecule has 0 aromatic rings. The van der Waals surface area contributed by atoms with Crippen LogP contribution in [0.15, 0.2) is 16.8 Å². The second-order valence-corrected chi connectivity index (χ2v) is 12.5. The van der Waals surface area contributed by atoms with E-state index in [0.29, 0.717) is 36.5 Å². The van der Waals surface area contributed by atoms with Crippen LogP contribution in [0.2, 0.25) is 0 Å². The smallest absolute Gasteiger partial charge is 0.320 e. The van der Waals surface area contributed by atoms with Crippen molar-refractivity contribution in [3.05, 3.63) is 11.6 Å². The normalized spacial score (nSPS) is 41.7. The van der Waals surface area contributed by atoms with Crippen LogP contribution >= 0.6 is 0 Å². The van der Waals surface area contributed by atoms with Crippen LogP contribution in [-0.4, -0.2) is 42.6 Å². The van der Waals surface area contributed by atoms with E-state index < -0.39 is 18.1 Å². The minimum absolute atomic E-state index is 0.119. The molecule has 1 amide bonds. The van der Waals surface area contributed by atoms with Gasteiger partial charge in [-0.15, -0.1) is 0 Å². The van der Waals surface area contributed by atoms with Crippen molar-refractivity contribution >= 4 is 17.6 Å². The highest BCUT2D eigenvalue weighted by molar-refractivity contribution is 5.91. The topological polar surface area (TPSA) is 79.8 Å². The van der Waals surface area contributed by atoms with E-state index in [-0.39, 0.29) is 36.1 Å². The molecule has 1 saturated heterocycles. The third-order valence-electron chi connectivity index (χ3n) is 10.8. The number of allylic oxidation sites excluding steroid dienone is 1. The molecule has 1 unspecified atom stereocenters. The first-order valence-corrected chi connectivity index (χ1v) is 13.9. The van der Waals surface area contributed by atoms with Gasteiger partial charge in [-0.3, -0.25) is 9.63 Å². The van der Waals surface area contributed by atoms with Gasteiger partial charge in [-0.25, -0.2) is 13.6 Å². The Morgan fingerprint density at radius 3 is 2.69 bits per heavy atom. The number of nitrogens with one attached hydrogen (secondary N) is 2. The monoisotopic (exact) mass is 505 g/mol.